The van der Waals surface area contributed by atoms with Crippen LogP contribution in [0.25, 0.3) is 0 Å². The maximum absolute atomic E-state index is 12.9. The van der Waals surface area contributed by atoms with Gasteiger partial charge in [-0.2, -0.15) is 0 Å². The lowest BCUT2D eigenvalue weighted by molar-refractivity contribution is 0.194. The molecule has 0 bridgehead atoms. The quantitative estimate of drug-likeness (QED) is 0.775. The second-order valence-electron chi connectivity index (χ2n) is 2.95. The van der Waals surface area contributed by atoms with Gasteiger partial charge in [-0.3, -0.25) is 0 Å². The van der Waals surface area contributed by atoms with E-state index < -0.39 is 17.7 Å². The molecule has 0 aliphatic carbocycles. The molecule has 1 aromatic rings. The fourth-order valence-electron chi connectivity index (χ4n) is 1.09. The van der Waals surface area contributed by atoms with E-state index >= 15 is 0 Å². The first-order valence-electron chi connectivity index (χ1n) is 3.85. The summed E-state index contributed by atoms with van der Waals surface area (Å²) >= 11 is 5.57. The number of phenolic OH excluding ortho intramolecular Hbond substituents is 1. The van der Waals surface area contributed by atoms with Crippen molar-refractivity contribution in [2.24, 2.45) is 0 Å². The Morgan fingerprint density at radius 2 is 2.15 bits per heavy atom. The highest BCUT2D eigenvalue weighted by molar-refractivity contribution is 6.30. The lowest BCUT2D eigenvalue weighted by Crippen LogP contribution is -2.04. The Morgan fingerprint density at radius 3 is 2.69 bits per heavy atom. The van der Waals surface area contributed by atoms with Crippen molar-refractivity contribution in [3.05, 3.63) is 28.5 Å². The molecule has 1 unspecified atom stereocenters. The van der Waals surface area contributed by atoms with Gasteiger partial charge in [0.1, 0.15) is 0 Å². The summed E-state index contributed by atoms with van der Waals surface area (Å²) in [5.74, 6) is -1.20. The predicted molar refractivity (Wildman–Crippen MR) is 48.5 cm³/mol. The summed E-state index contributed by atoms with van der Waals surface area (Å²) < 4.78 is 12.9. The van der Waals surface area contributed by atoms with Crippen molar-refractivity contribution in [3.8, 4) is 5.75 Å². The van der Waals surface area contributed by atoms with Gasteiger partial charge in [0.15, 0.2) is 11.6 Å². The van der Waals surface area contributed by atoms with Gasteiger partial charge in [-0.05, 0) is 19.1 Å². The van der Waals surface area contributed by atoms with Crippen molar-refractivity contribution in [2.45, 2.75) is 19.4 Å². The Morgan fingerprint density at radius 1 is 1.54 bits per heavy atom. The summed E-state index contributed by atoms with van der Waals surface area (Å²) in [4.78, 5) is 0. The van der Waals surface area contributed by atoms with Crippen LogP contribution < -0.4 is 0 Å². The summed E-state index contributed by atoms with van der Waals surface area (Å²) in [7, 11) is 0. The van der Waals surface area contributed by atoms with Crippen LogP contribution in [0.4, 0.5) is 4.39 Å². The molecule has 0 radical (unpaired) electrons. The second kappa shape index (κ2) is 3.94. The third-order valence-electron chi connectivity index (χ3n) is 1.62. The number of aliphatic hydroxyl groups excluding tert-OH is 1. The van der Waals surface area contributed by atoms with Crippen molar-refractivity contribution in [1.82, 2.24) is 0 Å². The highest BCUT2D eigenvalue weighted by atomic mass is 35.5. The molecule has 0 saturated heterocycles. The van der Waals surface area contributed by atoms with E-state index in [0.29, 0.717) is 5.56 Å². The summed E-state index contributed by atoms with van der Waals surface area (Å²) in [6.45, 7) is 1.55. The van der Waals surface area contributed by atoms with Crippen LogP contribution in [0.3, 0.4) is 0 Å². The second-order valence-corrected chi connectivity index (χ2v) is 3.38. The third kappa shape index (κ3) is 2.57. The van der Waals surface area contributed by atoms with Gasteiger partial charge in [0.25, 0.3) is 0 Å². The zero-order valence-electron chi connectivity index (χ0n) is 7.09. The monoisotopic (exact) mass is 204 g/mol. The molecule has 4 heteroatoms. The molecule has 0 aromatic heterocycles. The van der Waals surface area contributed by atoms with E-state index in [1.807, 2.05) is 0 Å². The van der Waals surface area contributed by atoms with Gasteiger partial charge < -0.3 is 10.2 Å². The van der Waals surface area contributed by atoms with Crippen LogP contribution in [-0.4, -0.2) is 16.3 Å². The minimum absolute atomic E-state index is 0.184. The number of halogens is 2. The van der Waals surface area contributed by atoms with Crippen LogP contribution in [0.15, 0.2) is 12.1 Å². The minimum atomic E-state index is -0.761. The van der Waals surface area contributed by atoms with Gasteiger partial charge >= 0.3 is 0 Å². The molecule has 1 aromatic carbocycles. The van der Waals surface area contributed by atoms with E-state index in [-0.39, 0.29) is 11.4 Å². The fourth-order valence-corrected chi connectivity index (χ4v) is 1.32. The zero-order chi connectivity index (χ0) is 10.0. The largest absolute Gasteiger partial charge is 0.505 e. The van der Waals surface area contributed by atoms with E-state index in [1.165, 1.54) is 6.07 Å². The van der Waals surface area contributed by atoms with Gasteiger partial charge in [-0.15, -0.1) is 0 Å². The van der Waals surface area contributed by atoms with Crippen LogP contribution in [0.5, 0.6) is 5.75 Å². The summed E-state index contributed by atoms with van der Waals surface area (Å²) in [6, 6.07) is 2.47. The molecule has 0 amide bonds. The van der Waals surface area contributed by atoms with E-state index in [9.17, 15) is 9.50 Å². The van der Waals surface area contributed by atoms with Crippen molar-refractivity contribution in [3.63, 3.8) is 0 Å². The molecule has 0 aliphatic rings. The lowest BCUT2D eigenvalue weighted by Gasteiger charge is -2.07. The molecule has 0 saturated carbocycles. The Hall–Kier alpha value is -0.800. The minimum Gasteiger partial charge on any atom is -0.505 e. The highest BCUT2D eigenvalue weighted by Crippen LogP contribution is 2.26. The SMILES string of the molecule is CC(O)Cc1cc(Cl)cc(F)c1O. The smallest absolute Gasteiger partial charge is 0.166 e. The maximum Gasteiger partial charge on any atom is 0.166 e. The molecule has 1 rings (SSSR count). The zero-order valence-corrected chi connectivity index (χ0v) is 7.85. The molecule has 0 heterocycles. The van der Waals surface area contributed by atoms with Crippen molar-refractivity contribution in [2.75, 3.05) is 0 Å². The van der Waals surface area contributed by atoms with E-state index in [4.69, 9.17) is 16.7 Å². The molecule has 2 N–H and O–H groups in total. The number of hydrogen-bond donors (Lipinski definition) is 2. The first kappa shape index (κ1) is 10.3. The standard InChI is InChI=1S/C9H10ClFO2/c1-5(12)2-6-3-7(10)4-8(11)9(6)13/h3-5,12-13H,2H2,1H3. The number of aliphatic hydroxyl groups is 1. The van der Waals surface area contributed by atoms with Gasteiger partial charge in [-0.25, -0.2) is 4.39 Å². The van der Waals surface area contributed by atoms with Gasteiger partial charge in [0.2, 0.25) is 0 Å². The Balaban J connectivity index is 3.05. The summed E-state index contributed by atoms with van der Waals surface area (Å²) in [6.07, 6.45) is -0.452. The van der Waals surface area contributed by atoms with Crippen LogP contribution >= 0.6 is 11.6 Å². The Bertz CT molecular complexity index is 313. The van der Waals surface area contributed by atoms with Crippen molar-refractivity contribution >= 4 is 11.6 Å². The summed E-state index contributed by atoms with van der Waals surface area (Å²) in [5, 5.41) is 18.5. The van der Waals surface area contributed by atoms with Crippen molar-refractivity contribution in [1.29, 1.82) is 0 Å². The molecule has 72 valence electrons. The Kier molecular flexibility index (Phi) is 3.12. The van der Waals surface area contributed by atoms with Crippen molar-refractivity contribution < 1.29 is 14.6 Å². The van der Waals surface area contributed by atoms with Gasteiger partial charge in [0.05, 0.1) is 6.10 Å². The molecule has 13 heavy (non-hydrogen) atoms. The molecule has 1 atom stereocenters. The normalized spacial score (nSPS) is 12.9. The van der Waals surface area contributed by atoms with Crippen LogP contribution in [0, 0.1) is 5.82 Å². The molecular weight excluding hydrogens is 195 g/mol. The first-order valence-corrected chi connectivity index (χ1v) is 4.23. The predicted octanol–water partition coefficient (Wildman–Crippen LogP) is 2.11. The molecule has 0 spiro atoms. The molecule has 2 nitrogen and oxygen atoms in total. The van der Waals surface area contributed by atoms with Crippen LogP contribution in [0.2, 0.25) is 5.02 Å². The van der Waals surface area contributed by atoms with Gasteiger partial charge in [0, 0.05) is 17.0 Å². The van der Waals surface area contributed by atoms with Crippen LogP contribution in [-0.2, 0) is 6.42 Å². The van der Waals surface area contributed by atoms with E-state index in [2.05, 4.69) is 0 Å². The first-order chi connectivity index (χ1) is 6.00. The lowest BCUT2D eigenvalue weighted by atomic mass is 10.1. The fraction of sp³-hybridized carbons (Fsp3) is 0.333. The van der Waals surface area contributed by atoms with Crippen LogP contribution in [0.1, 0.15) is 12.5 Å². The molecule has 0 fully saturated rings. The maximum atomic E-state index is 12.9. The number of benzene rings is 1. The number of hydrogen-bond acceptors (Lipinski definition) is 2. The highest BCUT2D eigenvalue weighted by Gasteiger charge is 2.10. The summed E-state index contributed by atoms with van der Waals surface area (Å²) in [5.41, 5.74) is 0.319. The molecule has 0 aliphatic heterocycles. The average molecular weight is 205 g/mol. The average Bonchev–Trinajstić information content (AvgIpc) is 1.98. The third-order valence-corrected chi connectivity index (χ3v) is 1.84. The Labute approximate surface area is 80.6 Å². The number of aromatic hydroxyl groups is 1. The number of phenols is 1. The molecular formula is C9H10ClFO2. The topological polar surface area (TPSA) is 40.5 Å². The number of rotatable bonds is 2. The van der Waals surface area contributed by atoms with E-state index in [0.717, 1.165) is 6.07 Å². The van der Waals surface area contributed by atoms with E-state index in [1.54, 1.807) is 6.92 Å². The van der Waals surface area contributed by atoms with Gasteiger partial charge in [-0.1, -0.05) is 11.6 Å².